The molecule has 4 unspecified atom stereocenters. The summed E-state index contributed by atoms with van der Waals surface area (Å²) in [6.45, 7) is 7.12. The topological polar surface area (TPSA) is 12.0 Å². The second-order valence-electron chi connectivity index (χ2n) is 6.46. The molecule has 2 rings (SSSR count). The minimum atomic E-state index is 0.628. The quantitative estimate of drug-likeness (QED) is 0.825. The molecule has 1 aromatic rings. The third-order valence-electron chi connectivity index (χ3n) is 4.70. The first-order valence-corrected chi connectivity index (χ1v) is 7.99. The molecule has 1 aliphatic rings. The van der Waals surface area contributed by atoms with Gasteiger partial charge in [-0.25, -0.2) is 0 Å². The normalized spacial score (nSPS) is 29.1. The predicted molar refractivity (Wildman–Crippen MR) is 83.3 cm³/mol. The van der Waals surface area contributed by atoms with E-state index in [1.54, 1.807) is 0 Å². The summed E-state index contributed by atoms with van der Waals surface area (Å²) in [6, 6.07) is 12.2. The molecule has 1 N–H and O–H groups in total. The highest BCUT2D eigenvalue weighted by molar-refractivity contribution is 5.15. The van der Waals surface area contributed by atoms with Gasteiger partial charge in [-0.3, -0.25) is 0 Å². The van der Waals surface area contributed by atoms with Gasteiger partial charge < -0.3 is 5.32 Å². The fourth-order valence-electron chi connectivity index (χ4n) is 3.44. The average molecular weight is 259 g/mol. The third kappa shape index (κ3) is 4.35. The number of nitrogens with one attached hydrogen (secondary N) is 1. The van der Waals surface area contributed by atoms with E-state index < -0.39 is 0 Å². The van der Waals surface area contributed by atoms with Crippen LogP contribution in [0.3, 0.4) is 0 Å². The van der Waals surface area contributed by atoms with Gasteiger partial charge in [-0.15, -0.1) is 0 Å². The maximum absolute atomic E-state index is 3.92. The first-order chi connectivity index (χ1) is 9.19. The molecule has 0 spiro atoms. The summed E-state index contributed by atoms with van der Waals surface area (Å²) in [6.07, 6.45) is 6.51. The van der Waals surface area contributed by atoms with Crippen LogP contribution in [0.5, 0.6) is 0 Å². The Kier molecular flexibility index (Phi) is 5.45. The van der Waals surface area contributed by atoms with Crippen molar-refractivity contribution in [1.82, 2.24) is 5.32 Å². The summed E-state index contributed by atoms with van der Waals surface area (Å²) in [5, 5.41) is 3.92. The summed E-state index contributed by atoms with van der Waals surface area (Å²) >= 11 is 0. The van der Waals surface area contributed by atoms with Crippen molar-refractivity contribution < 1.29 is 0 Å². The van der Waals surface area contributed by atoms with Crippen LogP contribution in [-0.2, 0) is 6.42 Å². The van der Waals surface area contributed by atoms with Crippen molar-refractivity contribution in [2.24, 2.45) is 11.8 Å². The van der Waals surface area contributed by atoms with E-state index >= 15 is 0 Å². The van der Waals surface area contributed by atoms with Crippen molar-refractivity contribution in [3.8, 4) is 0 Å². The van der Waals surface area contributed by atoms with Crippen LogP contribution in [0.15, 0.2) is 30.3 Å². The molecule has 0 radical (unpaired) electrons. The SMILES string of the molecule is CCC(Cc1ccccc1)NC1CCC(C)CC1C. The third-order valence-corrected chi connectivity index (χ3v) is 4.70. The van der Waals surface area contributed by atoms with Gasteiger partial charge in [0.25, 0.3) is 0 Å². The van der Waals surface area contributed by atoms with Crippen molar-refractivity contribution in [2.45, 2.75) is 65.0 Å². The molecular formula is C18H29N. The van der Waals surface area contributed by atoms with Gasteiger partial charge in [0, 0.05) is 12.1 Å². The van der Waals surface area contributed by atoms with Crippen molar-refractivity contribution >= 4 is 0 Å². The van der Waals surface area contributed by atoms with Crippen LogP contribution in [0, 0.1) is 11.8 Å². The number of rotatable bonds is 5. The van der Waals surface area contributed by atoms with Crippen LogP contribution in [0.25, 0.3) is 0 Å². The number of hydrogen-bond acceptors (Lipinski definition) is 1. The van der Waals surface area contributed by atoms with E-state index in [9.17, 15) is 0 Å². The number of hydrogen-bond donors (Lipinski definition) is 1. The molecule has 1 heteroatoms. The fraction of sp³-hybridized carbons (Fsp3) is 0.667. The molecule has 1 saturated carbocycles. The molecule has 0 saturated heterocycles. The summed E-state index contributed by atoms with van der Waals surface area (Å²) in [7, 11) is 0. The highest BCUT2D eigenvalue weighted by atomic mass is 15.0. The van der Waals surface area contributed by atoms with E-state index in [0.29, 0.717) is 6.04 Å². The van der Waals surface area contributed by atoms with E-state index in [1.165, 1.54) is 31.2 Å². The molecule has 19 heavy (non-hydrogen) atoms. The lowest BCUT2D eigenvalue weighted by Crippen LogP contribution is -2.45. The minimum Gasteiger partial charge on any atom is -0.311 e. The van der Waals surface area contributed by atoms with Crippen LogP contribution >= 0.6 is 0 Å². The second kappa shape index (κ2) is 7.09. The number of benzene rings is 1. The Hall–Kier alpha value is -0.820. The van der Waals surface area contributed by atoms with E-state index in [1.807, 2.05) is 0 Å². The van der Waals surface area contributed by atoms with Crippen LogP contribution in [-0.4, -0.2) is 12.1 Å². The van der Waals surface area contributed by atoms with Crippen LogP contribution in [0.4, 0.5) is 0 Å². The Morgan fingerprint density at radius 2 is 1.89 bits per heavy atom. The van der Waals surface area contributed by atoms with E-state index in [4.69, 9.17) is 0 Å². The Bertz CT molecular complexity index is 359. The van der Waals surface area contributed by atoms with E-state index in [0.717, 1.165) is 24.3 Å². The molecule has 1 aliphatic carbocycles. The minimum absolute atomic E-state index is 0.628. The molecule has 1 fully saturated rings. The van der Waals surface area contributed by atoms with Gasteiger partial charge in [0.1, 0.15) is 0 Å². The first kappa shape index (κ1) is 14.6. The van der Waals surface area contributed by atoms with Crippen molar-refractivity contribution in [3.63, 3.8) is 0 Å². The largest absolute Gasteiger partial charge is 0.311 e. The molecule has 0 heterocycles. The van der Waals surface area contributed by atoms with Gasteiger partial charge in [-0.05, 0) is 49.5 Å². The molecule has 0 amide bonds. The van der Waals surface area contributed by atoms with E-state index in [-0.39, 0.29) is 0 Å². The van der Waals surface area contributed by atoms with Gasteiger partial charge in [0.2, 0.25) is 0 Å². The van der Waals surface area contributed by atoms with Crippen LogP contribution in [0.2, 0.25) is 0 Å². The van der Waals surface area contributed by atoms with Gasteiger partial charge in [-0.2, -0.15) is 0 Å². The molecule has 1 nitrogen and oxygen atoms in total. The highest BCUT2D eigenvalue weighted by Crippen LogP contribution is 2.29. The lowest BCUT2D eigenvalue weighted by Gasteiger charge is -2.36. The molecular weight excluding hydrogens is 230 g/mol. The second-order valence-corrected chi connectivity index (χ2v) is 6.46. The highest BCUT2D eigenvalue weighted by Gasteiger charge is 2.26. The van der Waals surface area contributed by atoms with E-state index in [2.05, 4.69) is 56.4 Å². The average Bonchev–Trinajstić information content (AvgIpc) is 2.42. The smallest absolute Gasteiger partial charge is 0.0108 e. The Morgan fingerprint density at radius 1 is 1.16 bits per heavy atom. The van der Waals surface area contributed by atoms with Gasteiger partial charge in [0.15, 0.2) is 0 Å². The van der Waals surface area contributed by atoms with Crippen molar-refractivity contribution in [3.05, 3.63) is 35.9 Å². The monoisotopic (exact) mass is 259 g/mol. The summed E-state index contributed by atoms with van der Waals surface area (Å²) in [5.41, 5.74) is 1.46. The molecule has 0 bridgehead atoms. The maximum Gasteiger partial charge on any atom is 0.0108 e. The van der Waals surface area contributed by atoms with Gasteiger partial charge in [-0.1, -0.05) is 51.1 Å². The van der Waals surface area contributed by atoms with Crippen LogP contribution < -0.4 is 5.32 Å². The maximum atomic E-state index is 3.92. The molecule has 1 aromatic carbocycles. The van der Waals surface area contributed by atoms with Crippen molar-refractivity contribution in [1.29, 1.82) is 0 Å². The standard InChI is InChI=1S/C18H29N/c1-4-17(13-16-8-6-5-7-9-16)19-18-11-10-14(2)12-15(18)3/h5-9,14-15,17-19H,4,10-13H2,1-3H3. The Morgan fingerprint density at radius 3 is 2.53 bits per heavy atom. The first-order valence-electron chi connectivity index (χ1n) is 7.99. The molecule has 0 aromatic heterocycles. The van der Waals surface area contributed by atoms with Gasteiger partial charge in [0.05, 0.1) is 0 Å². The summed E-state index contributed by atoms with van der Waals surface area (Å²) in [5.74, 6) is 1.75. The Balaban J connectivity index is 1.88. The summed E-state index contributed by atoms with van der Waals surface area (Å²) in [4.78, 5) is 0. The zero-order valence-electron chi connectivity index (χ0n) is 12.7. The van der Waals surface area contributed by atoms with Gasteiger partial charge >= 0.3 is 0 Å². The predicted octanol–water partition coefficient (Wildman–Crippen LogP) is 4.42. The molecule has 106 valence electrons. The fourth-order valence-corrected chi connectivity index (χ4v) is 3.44. The van der Waals surface area contributed by atoms with Crippen molar-refractivity contribution in [2.75, 3.05) is 0 Å². The Labute approximate surface area is 118 Å². The molecule has 4 atom stereocenters. The summed E-state index contributed by atoms with van der Waals surface area (Å²) < 4.78 is 0. The zero-order valence-corrected chi connectivity index (χ0v) is 12.7. The zero-order chi connectivity index (χ0) is 13.7. The molecule has 0 aliphatic heterocycles. The van der Waals surface area contributed by atoms with Crippen LogP contribution in [0.1, 0.15) is 52.0 Å². The lowest BCUT2D eigenvalue weighted by molar-refractivity contribution is 0.211. The lowest BCUT2D eigenvalue weighted by atomic mass is 9.79.